The van der Waals surface area contributed by atoms with Crippen molar-refractivity contribution in [2.24, 2.45) is 5.92 Å². The molecule has 2 aromatic heterocycles. The lowest BCUT2D eigenvalue weighted by Crippen LogP contribution is -2.34. The first-order chi connectivity index (χ1) is 13.3. The molecular weight excluding hydrogens is 374 g/mol. The number of fused-ring (bicyclic) bond motifs is 3. The average Bonchev–Trinajstić information content (AvgIpc) is 2.99. The number of thiophene rings is 1. The molecule has 6 nitrogen and oxygen atoms in total. The molecule has 0 N–H and O–H groups in total. The van der Waals surface area contributed by atoms with Crippen LogP contribution in [0, 0.1) is 5.92 Å². The second-order valence-corrected chi connectivity index (χ2v) is 9.44. The van der Waals surface area contributed by atoms with E-state index in [0.717, 1.165) is 42.5 Å². The van der Waals surface area contributed by atoms with Crippen molar-refractivity contribution in [3.8, 4) is 0 Å². The molecule has 0 saturated heterocycles. The monoisotopic (exact) mass is 405 g/mol. The number of hydrogen-bond donors (Lipinski definition) is 0. The van der Waals surface area contributed by atoms with E-state index in [-0.39, 0.29) is 11.5 Å². The molecule has 0 bridgehead atoms. The Bertz CT molecular complexity index is 914. The van der Waals surface area contributed by atoms with Crippen LogP contribution in [0.15, 0.2) is 4.79 Å². The number of ether oxygens (including phenoxy) is 1. The molecule has 7 heteroatoms. The van der Waals surface area contributed by atoms with E-state index in [1.54, 1.807) is 22.8 Å². The van der Waals surface area contributed by atoms with Crippen LogP contribution in [0.1, 0.15) is 62.3 Å². The van der Waals surface area contributed by atoms with Gasteiger partial charge in [-0.15, -0.1) is 11.3 Å². The van der Waals surface area contributed by atoms with E-state index in [1.807, 2.05) is 19.0 Å². The lowest BCUT2D eigenvalue weighted by Gasteiger charge is -2.20. The second-order valence-electron chi connectivity index (χ2n) is 8.36. The Labute approximate surface area is 170 Å². The normalized spacial score (nSPS) is 15.2. The van der Waals surface area contributed by atoms with Crippen LogP contribution in [-0.2, 0) is 28.9 Å². The van der Waals surface area contributed by atoms with Gasteiger partial charge in [-0.2, -0.15) is 0 Å². The number of esters is 1. The minimum Gasteiger partial charge on any atom is -0.464 e. The highest BCUT2D eigenvalue weighted by Crippen LogP contribution is 2.34. The summed E-state index contributed by atoms with van der Waals surface area (Å²) in [5.41, 5.74) is 1.05. The zero-order valence-corrected chi connectivity index (χ0v) is 18.4. The van der Waals surface area contributed by atoms with Crippen LogP contribution in [0.4, 0.5) is 0 Å². The molecule has 0 radical (unpaired) electrons. The largest absolute Gasteiger partial charge is 0.464 e. The SMILES string of the molecule is CC(C)CCOC(=O)C(C)n1c(CN(C)C)nc2sc3c(c2c1=O)CCCC3. The fraction of sp³-hybridized carbons (Fsp3) is 0.667. The molecule has 1 aliphatic rings. The summed E-state index contributed by atoms with van der Waals surface area (Å²) >= 11 is 1.64. The molecule has 28 heavy (non-hydrogen) atoms. The highest BCUT2D eigenvalue weighted by molar-refractivity contribution is 7.18. The van der Waals surface area contributed by atoms with Crippen LogP contribution >= 0.6 is 11.3 Å². The van der Waals surface area contributed by atoms with Crippen molar-refractivity contribution in [3.05, 3.63) is 26.6 Å². The van der Waals surface area contributed by atoms with Crippen molar-refractivity contribution in [1.29, 1.82) is 0 Å². The maximum atomic E-state index is 13.5. The summed E-state index contributed by atoms with van der Waals surface area (Å²) in [4.78, 5) is 35.0. The van der Waals surface area contributed by atoms with Gasteiger partial charge < -0.3 is 9.64 Å². The van der Waals surface area contributed by atoms with Crippen LogP contribution < -0.4 is 5.56 Å². The fourth-order valence-corrected chi connectivity index (χ4v) is 4.95. The molecule has 0 amide bonds. The van der Waals surface area contributed by atoms with Crippen LogP contribution in [0.5, 0.6) is 0 Å². The van der Waals surface area contributed by atoms with Gasteiger partial charge >= 0.3 is 5.97 Å². The van der Waals surface area contributed by atoms with Gasteiger partial charge in [0.1, 0.15) is 16.7 Å². The topological polar surface area (TPSA) is 64.4 Å². The first-order valence-electron chi connectivity index (χ1n) is 10.2. The Morgan fingerprint density at radius 1 is 1.25 bits per heavy atom. The maximum Gasteiger partial charge on any atom is 0.329 e. The zero-order chi connectivity index (χ0) is 20.4. The predicted octanol–water partition coefficient (Wildman–Crippen LogP) is 3.55. The maximum absolute atomic E-state index is 13.5. The van der Waals surface area contributed by atoms with Gasteiger partial charge in [0.15, 0.2) is 0 Å². The van der Waals surface area contributed by atoms with Gasteiger partial charge in [0.05, 0.1) is 18.5 Å². The average molecular weight is 406 g/mol. The predicted molar refractivity (Wildman–Crippen MR) is 113 cm³/mol. The van der Waals surface area contributed by atoms with Crippen LogP contribution in [0.3, 0.4) is 0 Å². The molecule has 2 aromatic rings. The Balaban J connectivity index is 2.04. The Kier molecular flexibility index (Phi) is 6.55. The summed E-state index contributed by atoms with van der Waals surface area (Å²) < 4.78 is 7.01. The number of hydrogen-bond acceptors (Lipinski definition) is 6. The molecule has 0 aromatic carbocycles. The Morgan fingerprint density at radius 2 is 1.96 bits per heavy atom. The zero-order valence-electron chi connectivity index (χ0n) is 17.6. The molecule has 1 atom stereocenters. The van der Waals surface area contributed by atoms with Crippen molar-refractivity contribution in [1.82, 2.24) is 14.5 Å². The molecule has 0 spiro atoms. The molecule has 2 heterocycles. The molecule has 0 fully saturated rings. The number of carbonyl (C=O) groups is 1. The molecule has 154 valence electrons. The van der Waals surface area contributed by atoms with Crippen LogP contribution in [-0.4, -0.2) is 41.1 Å². The highest BCUT2D eigenvalue weighted by atomic mass is 32.1. The summed E-state index contributed by atoms with van der Waals surface area (Å²) in [5, 5.41) is 0.712. The lowest BCUT2D eigenvalue weighted by atomic mass is 9.97. The van der Waals surface area contributed by atoms with Gasteiger partial charge in [0.25, 0.3) is 5.56 Å². The summed E-state index contributed by atoms with van der Waals surface area (Å²) in [6, 6.07) is -0.689. The Morgan fingerprint density at radius 3 is 2.64 bits per heavy atom. The smallest absolute Gasteiger partial charge is 0.329 e. The van der Waals surface area contributed by atoms with Gasteiger partial charge in [-0.1, -0.05) is 13.8 Å². The van der Waals surface area contributed by atoms with E-state index in [1.165, 1.54) is 4.88 Å². The molecular formula is C21H31N3O3S. The van der Waals surface area contributed by atoms with E-state index in [2.05, 4.69) is 13.8 Å². The molecule has 1 unspecified atom stereocenters. The second kappa shape index (κ2) is 8.74. The summed E-state index contributed by atoms with van der Waals surface area (Å²) in [7, 11) is 3.87. The van der Waals surface area contributed by atoms with Gasteiger partial charge in [0, 0.05) is 4.88 Å². The number of aryl methyl sites for hydroxylation is 2. The molecule has 1 aliphatic carbocycles. The highest BCUT2D eigenvalue weighted by Gasteiger charge is 2.27. The minimum absolute atomic E-state index is 0.102. The third kappa shape index (κ3) is 4.30. The van der Waals surface area contributed by atoms with Crippen molar-refractivity contribution in [2.75, 3.05) is 20.7 Å². The van der Waals surface area contributed by atoms with Gasteiger partial charge in [-0.3, -0.25) is 9.36 Å². The number of rotatable bonds is 7. The van der Waals surface area contributed by atoms with E-state index in [9.17, 15) is 9.59 Å². The van der Waals surface area contributed by atoms with Crippen LogP contribution in [0.25, 0.3) is 10.2 Å². The first kappa shape index (κ1) is 21.0. The summed E-state index contributed by atoms with van der Waals surface area (Å²) in [6.45, 7) is 6.80. The van der Waals surface area contributed by atoms with Crippen molar-refractivity contribution in [3.63, 3.8) is 0 Å². The number of nitrogens with zero attached hydrogens (tertiary/aromatic N) is 3. The van der Waals surface area contributed by atoms with Crippen molar-refractivity contribution >= 4 is 27.5 Å². The van der Waals surface area contributed by atoms with Gasteiger partial charge in [-0.05, 0) is 64.6 Å². The molecule has 3 rings (SSSR count). The molecule has 0 aliphatic heterocycles. The third-order valence-corrected chi connectivity index (χ3v) is 6.41. The lowest BCUT2D eigenvalue weighted by molar-refractivity contribution is -0.147. The van der Waals surface area contributed by atoms with E-state index < -0.39 is 6.04 Å². The number of aromatic nitrogens is 2. The quantitative estimate of drug-likeness (QED) is 0.659. The molecule has 0 saturated carbocycles. The fourth-order valence-electron chi connectivity index (χ4n) is 3.67. The minimum atomic E-state index is -0.689. The summed E-state index contributed by atoms with van der Waals surface area (Å²) in [6.07, 6.45) is 5.02. The van der Waals surface area contributed by atoms with Gasteiger partial charge in [-0.25, -0.2) is 9.78 Å². The number of carbonyl (C=O) groups excluding carboxylic acids is 1. The van der Waals surface area contributed by atoms with E-state index in [0.29, 0.717) is 30.3 Å². The van der Waals surface area contributed by atoms with Gasteiger partial charge in [0.2, 0.25) is 0 Å². The Hall–Kier alpha value is -1.73. The standard InChI is InChI=1S/C21H31N3O3S/c1-13(2)10-11-27-21(26)14(3)24-17(12-23(4)5)22-19-18(20(24)25)15-8-6-7-9-16(15)28-19/h13-14H,6-12H2,1-5H3. The van der Waals surface area contributed by atoms with Crippen LogP contribution in [0.2, 0.25) is 0 Å². The van der Waals surface area contributed by atoms with E-state index >= 15 is 0 Å². The summed E-state index contributed by atoms with van der Waals surface area (Å²) in [5.74, 6) is 0.716. The van der Waals surface area contributed by atoms with Crippen molar-refractivity contribution in [2.45, 2.75) is 65.5 Å². The first-order valence-corrected chi connectivity index (χ1v) is 11.0. The van der Waals surface area contributed by atoms with Crippen molar-refractivity contribution < 1.29 is 9.53 Å². The third-order valence-electron chi connectivity index (χ3n) is 5.22. The van der Waals surface area contributed by atoms with E-state index in [4.69, 9.17) is 9.72 Å².